The fraction of sp³-hybridized carbons (Fsp3) is 0.462. The van der Waals surface area contributed by atoms with Gasteiger partial charge in [-0.3, -0.25) is 4.79 Å². The average Bonchev–Trinajstić information content (AvgIpc) is 2.58. The van der Waals surface area contributed by atoms with Crippen LogP contribution in [0.5, 0.6) is 0 Å². The molecule has 0 aromatic heterocycles. The van der Waals surface area contributed by atoms with Gasteiger partial charge < -0.3 is 16.4 Å². The van der Waals surface area contributed by atoms with Gasteiger partial charge in [0, 0.05) is 13.1 Å². The first-order chi connectivity index (χ1) is 7.91. The lowest BCUT2D eigenvalue weighted by molar-refractivity contribution is 0.100. The molecule has 0 radical (unpaired) electrons. The molecule has 0 unspecified atom stereocenters. The summed E-state index contributed by atoms with van der Waals surface area (Å²) in [6.07, 6.45) is 1.13. The first kappa shape index (κ1) is 11.8. The lowest BCUT2D eigenvalue weighted by atomic mass is 9.93. The van der Waals surface area contributed by atoms with Gasteiger partial charge in [0.25, 0.3) is 5.91 Å². The van der Waals surface area contributed by atoms with Crippen molar-refractivity contribution in [2.45, 2.75) is 20.3 Å². The highest BCUT2D eigenvalue weighted by molar-refractivity contribution is 6.00. The molecule has 1 aliphatic heterocycles. The lowest BCUT2D eigenvalue weighted by Crippen LogP contribution is -2.24. The fourth-order valence-electron chi connectivity index (χ4n) is 2.36. The number of primary amides is 1. The van der Waals surface area contributed by atoms with Crippen LogP contribution in [0.3, 0.4) is 0 Å². The van der Waals surface area contributed by atoms with Crippen molar-refractivity contribution in [3.63, 3.8) is 0 Å². The number of carbonyl (C=O) groups excluding carboxylic acids is 1. The Balaban J connectivity index is 2.34. The van der Waals surface area contributed by atoms with Gasteiger partial charge in [-0.15, -0.1) is 0 Å². The zero-order valence-electron chi connectivity index (χ0n) is 10.4. The van der Waals surface area contributed by atoms with Crippen LogP contribution in [0.4, 0.5) is 11.4 Å². The molecule has 1 aromatic rings. The van der Waals surface area contributed by atoms with Crippen molar-refractivity contribution in [1.82, 2.24) is 0 Å². The van der Waals surface area contributed by atoms with E-state index in [9.17, 15) is 4.79 Å². The number of hydrogen-bond donors (Lipinski definition) is 2. The summed E-state index contributed by atoms with van der Waals surface area (Å²) in [4.78, 5) is 13.5. The van der Waals surface area contributed by atoms with E-state index < -0.39 is 5.91 Å². The third kappa shape index (κ3) is 2.20. The molecule has 92 valence electrons. The Hall–Kier alpha value is -1.71. The Kier molecular flexibility index (Phi) is 2.73. The van der Waals surface area contributed by atoms with Gasteiger partial charge >= 0.3 is 0 Å². The summed E-state index contributed by atoms with van der Waals surface area (Å²) in [6, 6.07) is 5.45. The van der Waals surface area contributed by atoms with Gasteiger partial charge in [0.1, 0.15) is 0 Å². The summed E-state index contributed by atoms with van der Waals surface area (Å²) in [5.41, 5.74) is 13.4. The molecule has 2 rings (SSSR count). The molecule has 0 spiro atoms. The largest absolute Gasteiger partial charge is 0.396 e. The average molecular weight is 233 g/mol. The fourth-order valence-corrected chi connectivity index (χ4v) is 2.36. The van der Waals surface area contributed by atoms with E-state index in [1.807, 2.05) is 12.1 Å². The van der Waals surface area contributed by atoms with Crippen molar-refractivity contribution in [3.05, 3.63) is 23.8 Å². The maximum atomic E-state index is 11.2. The summed E-state index contributed by atoms with van der Waals surface area (Å²) in [5, 5.41) is 0. The molecule has 17 heavy (non-hydrogen) atoms. The van der Waals surface area contributed by atoms with Crippen molar-refractivity contribution in [3.8, 4) is 0 Å². The number of amides is 1. The summed E-state index contributed by atoms with van der Waals surface area (Å²) in [6.45, 7) is 6.40. The molecule has 0 aliphatic carbocycles. The number of nitrogens with two attached hydrogens (primary N) is 2. The predicted octanol–water partition coefficient (Wildman–Crippen LogP) is 1.60. The Bertz CT molecular complexity index is 454. The number of benzene rings is 1. The molecule has 1 amide bonds. The smallest absolute Gasteiger partial charge is 0.250 e. The molecular formula is C13H19N3O. The van der Waals surface area contributed by atoms with Crippen LogP contribution in [0.2, 0.25) is 0 Å². The number of carbonyl (C=O) groups is 1. The molecule has 4 nitrogen and oxygen atoms in total. The lowest BCUT2D eigenvalue weighted by Gasteiger charge is -2.23. The zero-order chi connectivity index (χ0) is 12.6. The van der Waals surface area contributed by atoms with E-state index in [1.165, 1.54) is 0 Å². The maximum Gasteiger partial charge on any atom is 0.250 e. The van der Waals surface area contributed by atoms with Crippen molar-refractivity contribution in [1.29, 1.82) is 0 Å². The summed E-state index contributed by atoms with van der Waals surface area (Å²) < 4.78 is 0. The van der Waals surface area contributed by atoms with E-state index >= 15 is 0 Å². The van der Waals surface area contributed by atoms with E-state index in [4.69, 9.17) is 11.5 Å². The highest BCUT2D eigenvalue weighted by atomic mass is 16.1. The number of nitrogens with zero attached hydrogens (tertiary/aromatic N) is 1. The van der Waals surface area contributed by atoms with Crippen LogP contribution in [0.15, 0.2) is 18.2 Å². The summed E-state index contributed by atoms with van der Waals surface area (Å²) >= 11 is 0. The molecule has 1 fully saturated rings. The summed E-state index contributed by atoms with van der Waals surface area (Å²) in [5.74, 6) is -0.470. The molecule has 4 heteroatoms. The molecule has 1 aromatic carbocycles. The molecule has 1 aliphatic rings. The zero-order valence-corrected chi connectivity index (χ0v) is 10.4. The van der Waals surface area contributed by atoms with Crippen LogP contribution in [0, 0.1) is 5.41 Å². The number of nitrogen functional groups attached to an aromatic ring is 1. The highest BCUT2D eigenvalue weighted by Gasteiger charge is 2.30. The molecule has 0 bridgehead atoms. The number of rotatable bonds is 2. The molecule has 4 N–H and O–H groups in total. The minimum Gasteiger partial charge on any atom is -0.396 e. The van der Waals surface area contributed by atoms with Gasteiger partial charge in [-0.1, -0.05) is 19.9 Å². The van der Waals surface area contributed by atoms with Gasteiger partial charge in [0.05, 0.1) is 16.9 Å². The molecule has 1 saturated heterocycles. The minimum absolute atomic E-state index is 0.301. The first-order valence-electron chi connectivity index (χ1n) is 5.84. The van der Waals surface area contributed by atoms with E-state index in [-0.39, 0.29) is 0 Å². The topological polar surface area (TPSA) is 72.3 Å². The standard InChI is InChI=1S/C13H19N3O/c1-13(2)6-7-16(8-13)10-5-3-4-9(11(10)14)12(15)17/h3-5H,6-8,14H2,1-2H3,(H2,15,17). The SMILES string of the molecule is CC1(C)CCN(c2cccc(C(N)=O)c2N)C1. The van der Waals surface area contributed by atoms with Crippen LogP contribution in [-0.2, 0) is 0 Å². The van der Waals surface area contributed by atoms with Gasteiger partial charge in [0.15, 0.2) is 0 Å². The van der Waals surface area contributed by atoms with Crippen LogP contribution < -0.4 is 16.4 Å². The number of hydrogen-bond acceptors (Lipinski definition) is 3. The van der Waals surface area contributed by atoms with Crippen molar-refractivity contribution >= 4 is 17.3 Å². The first-order valence-corrected chi connectivity index (χ1v) is 5.84. The van der Waals surface area contributed by atoms with Gasteiger partial charge in [-0.25, -0.2) is 0 Å². The number of anilines is 2. The molecular weight excluding hydrogens is 214 g/mol. The molecule has 0 saturated carbocycles. The number of para-hydroxylation sites is 1. The van der Waals surface area contributed by atoms with Gasteiger partial charge in [-0.2, -0.15) is 0 Å². The minimum atomic E-state index is -0.470. The third-order valence-corrected chi connectivity index (χ3v) is 3.37. The third-order valence-electron chi connectivity index (χ3n) is 3.37. The second kappa shape index (κ2) is 3.95. The van der Waals surface area contributed by atoms with Crippen molar-refractivity contribution in [2.24, 2.45) is 11.1 Å². The van der Waals surface area contributed by atoms with E-state index in [1.54, 1.807) is 6.07 Å². The normalized spacial score (nSPS) is 18.4. The van der Waals surface area contributed by atoms with E-state index in [0.717, 1.165) is 25.2 Å². The van der Waals surface area contributed by atoms with Crippen molar-refractivity contribution in [2.75, 3.05) is 23.7 Å². The van der Waals surface area contributed by atoms with Crippen LogP contribution >= 0.6 is 0 Å². The van der Waals surface area contributed by atoms with E-state index in [0.29, 0.717) is 16.7 Å². The molecule has 1 heterocycles. The van der Waals surface area contributed by atoms with Gasteiger partial charge in [0.2, 0.25) is 0 Å². The van der Waals surface area contributed by atoms with E-state index in [2.05, 4.69) is 18.7 Å². The second-order valence-corrected chi connectivity index (χ2v) is 5.44. The Morgan fingerprint density at radius 1 is 1.41 bits per heavy atom. The second-order valence-electron chi connectivity index (χ2n) is 5.44. The highest BCUT2D eigenvalue weighted by Crippen LogP contribution is 2.35. The maximum absolute atomic E-state index is 11.2. The quantitative estimate of drug-likeness (QED) is 0.762. The Morgan fingerprint density at radius 2 is 2.12 bits per heavy atom. The monoisotopic (exact) mass is 233 g/mol. The van der Waals surface area contributed by atoms with Crippen LogP contribution in [-0.4, -0.2) is 19.0 Å². The van der Waals surface area contributed by atoms with Crippen LogP contribution in [0.25, 0.3) is 0 Å². The van der Waals surface area contributed by atoms with Crippen LogP contribution in [0.1, 0.15) is 30.6 Å². The summed E-state index contributed by atoms with van der Waals surface area (Å²) in [7, 11) is 0. The predicted molar refractivity (Wildman–Crippen MR) is 70.0 cm³/mol. The van der Waals surface area contributed by atoms with Gasteiger partial charge in [-0.05, 0) is 24.0 Å². The Labute approximate surface area is 102 Å². The Morgan fingerprint density at radius 3 is 2.65 bits per heavy atom. The molecule has 0 atom stereocenters. The van der Waals surface area contributed by atoms with Crippen molar-refractivity contribution < 1.29 is 4.79 Å².